The Kier molecular flexibility index (Phi) is 12.1. The second-order valence-electron chi connectivity index (χ2n) is 10.7. The summed E-state index contributed by atoms with van der Waals surface area (Å²) < 4.78 is 11.8. The fraction of sp³-hybridized carbons (Fsp3) is 0.257. The van der Waals surface area contributed by atoms with Crippen LogP contribution in [0.15, 0.2) is 85.1 Å². The van der Waals surface area contributed by atoms with Gasteiger partial charge in [0.25, 0.3) is 0 Å². The van der Waals surface area contributed by atoms with Crippen molar-refractivity contribution in [2.75, 3.05) is 32.8 Å². The number of halogens is 3. The van der Waals surface area contributed by atoms with Crippen molar-refractivity contribution in [3.63, 3.8) is 0 Å². The van der Waals surface area contributed by atoms with Crippen LogP contribution < -0.4 is 9.47 Å². The molecule has 0 aliphatic carbocycles. The Hall–Kier alpha value is -3.55. The Morgan fingerprint density at radius 2 is 1.61 bits per heavy atom. The molecule has 3 aromatic carbocycles. The fourth-order valence-electron chi connectivity index (χ4n) is 4.89. The van der Waals surface area contributed by atoms with Crippen molar-refractivity contribution >= 4 is 47.6 Å². The quantitative estimate of drug-likeness (QED) is 0.162. The van der Waals surface area contributed by atoms with Crippen molar-refractivity contribution < 1.29 is 14.3 Å². The van der Waals surface area contributed by atoms with Crippen LogP contribution in [0.1, 0.15) is 27.8 Å². The summed E-state index contributed by atoms with van der Waals surface area (Å²) in [5, 5.41) is 1.16. The zero-order valence-corrected chi connectivity index (χ0v) is 27.2. The zero-order valence-electron chi connectivity index (χ0n) is 24.8. The van der Waals surface area contributed by atoms with Gasteiger partial charge in [-0.25, -0.2) is 4.98 Å². The maximum absolute atomic E-state index is 12.9. The molecule has 1 saturated heterocycles. The molecule has 1 amide bonds. The van der Waals surface area contributed by atoms with Crippen LogP contribution in [-0.2, 0) is 17.8 Å². The molecular formula is C35H36Cl3N3O3. The number of aromatic nitrogens is 1. The van der Waals surface area contributed by atoms with Crippen LogP contribution in [0.3, 0.4) is 0 Å². The molecule has 1 aliphatic heterocycles. The molecule has 1 aliphatic rings. The molecule has 0 atom stereocenters. The Morgan fingerprint density at radius 1 is 0.909 bits per heavy atom. The standard InChI is InChI=1S/C35H35Cl2N3O3.ClH/c1-25-3-5-28(6-4-25)24-39-16-18-40(19-17-39)34(41)14-9-29-21-26(2)35(32(37)22-29)43-33-13-12-31(23-38-33)42-20-15-27-7-10-30(36)11-8-27;/h3-14,21-23H,15-20,24H2,1-2H3;1H/b14-9+;. The van der Waals surface area contributed by atoms with Crippen LogP contribution in [0.5, 0.6) is 17.4 Å². The molecule has 230 valence electrons. The van der Waals surface area contributed by atoms with E-state index in [1.807, 2.05) is 48.2 Å². The molecule has 1 aromatic heterocycles. The minimum absolute atomic E-state index is 0. The molecule has 0 radical (unpaired) electrons. The number of nitrogens with zero attached hydrogens (tertiary/aromatic N) is 3. The lowest BCUT2D eigenvalue weighted by Crippen LogP contribution is -2.47. The third kappa shape index (κ3) is 9.47. The molecule has 0 N–H and O–H groups in total. The highest BCUT2D eigenvalue weighted by molar-refractivity contribution is 6.32. The summed E-state index contributed by atoms with van der Waals surface area (Å²) in [6, 6.07) is 23.7. The van der Waals surface area contributed by atoms with E-state index in [1.165, 1.54) is 11.1 Å². The van der Waals surface area contributed by atoms with Gasteiger partial charge >= 0.3 is 0 Å². The Bertz CT molecular complexity index is 1530. The summed E-state index contributed by atoms with van der Waals surface area (Å²) in [5.74, 6) is 1.60. The van der Waals surface area contributed by atoms with Gasteiger partial charge in [0.2, 0.25) is 11.8 Å². The van der Waals surface area contributed by atoms with Gasteiger partial charge in [-0.3, -0.25) is 9.69 Å². The van der Waals surface area contributed by atoms with Gasteiger partial charge in [0.15, 0.2) is 5.75 Å². The van der Waals surface area contributed by atoms with E-state index < -0.39 is 0 Å². The number of hydrogen-bond acceptors (Lipinski definition) is 5. The van der Waals surface area contributed by atoms with E-state index in [0.29, 0.717) is 42.1 Å². The second kappa shape index (κ2) is 16.0. The molecular weight excluding hydrogens is 617 g/mol. The van der Waals surface area contributed by atoms with Gasteiger partial charge in [-0.2, -0.15) is 0 Å². The molecule has 2 heterocycles. The minimum atomic E-state index is 0. The lowest BCUT2D eigenvalue weighted by atomic mass is 10.1. The van der Waals surface area contributed by atoms with Crippen molar-refractivity contribution in [1.82, 2.24) is 14.8 Å². The van der Waals surface area contributed by atoms with E-state index >= 15 is 0 Å². The van der Waals surface area contributed by atoms with E-state index in [-0.39, 0.29) is 18.3 Å². The molecule has 0 bridgehead atoms. The number of ether oxygens (including phenoxy) is 2. The highest BCUT2D eigenvalue weighted by atomic mass is 35.5. The number of carbonyl (C=O) groups is 1. The summed E-state index contributed by atoms with van der Waals surface area (Å²) in [6.07, 6.45) is 5.82. The van der Waals surface area contributed by atoms with Crippen LogP contribution in [0.4, 0.5) is 0 Å². The first-order valence-corrected chi connectivity index (χ1v) is 15.1. The van der Waals surface area contributed by atoms with Gasteiger partial charge in [0.1, 0.15) is 5.75 Å². The van der Waals surface area contributed by atoms with E-state index in [1.54, 1.807) is 30.5 Å². The van der Waals surface area contributed by atoms with Crippen molar-refractivity contribution in [2.24, 2.45) is 0 Å². The number of amides is 1. The number of hydrogen-bond donors (Lipinski definition) is 0. The number of piperazine rings is 1. The van der Waals surface area contributed by atoms with Crippen molar-refractivity contribution in [1.29, 1.82) is 0 Å². The third-order valence-corrected chi connectivity index (χ3v) is 7.90. The molecule has 4 aromatic rings. The van der Waals surface area contributed by atoms with Crippen molar-refractivity contribution in [3.05, 3.63) is 123 Å². The van der Waals surface area contributed by atoms with Gasteiger partial charge in [-0.15, -0.1) is 12.4 Å². The van der Waals surface area contributed by atoms with E-state index in [0.717, 1.165) is 47.8 Å². The van der Waals surface area contributed by atoms with Crippen LogP contribution in [0.2, 0.25) is 10.0 Å². The van der Waals surface area contributed by atoms with Gasteiger partial charge in [0.05, 0.1) is 17.8 Å². The Balaban J connectivity index is 0.00000442. The molecule has 5 rings (SSSR count). The summed E-state index contributed by atoms with van der Waals surface area (Å²) in [6.45, 7) is 8.58. The topological polar surface area (TPSA) is 54.9 Å². The Labute approximate surface area is 275 Å². The first-order valence-electron chi connectivity index (χ1n) is 14.4. The lowest BCUT2D eigenvalue weighted by molar-refractivity contribution is -0.127. The van der Waals surface area contributed by atoms with Gasteiger partial charge < -0.3 is 14.4 Å². The number of pyridine rings is 1. The first kappa shape index (κ1) is 33.3. The van der Waals surface area contributed by atoms with Crippen LogP contribution in [0, 0.1) is 13.8 Å². The SMILES string of the molecule is Cc1ccc(CN2CCN(C(=O)/C=C/c3cc(C)c(Oc4ccc(OCCc5ccc(Cl)cc5)cn4)c(Cl)c3)CC2)cc1.Cl. The summed E-state index contributed by atoms with van der Waals surface area (Å²) in [4.78, 5) is 21.5. The Morgan fingerprint density at radius 3 is 2.27 bits per heavy atom. The molecule has 1 fully saturated rings. The molecule has 44 heavy (non-hydrogen) atoms. The molecule has 0 unspecified atom stereocenters. The normalized spacial score (nSPS) is 13.5. The highest BCUT2D eigenvalue weighted by Gasteiger charge is 2.20. The number of carbonyl (C=O) groups excluding carboxylic acids is 1. The predicted molar refractivity (Wildman–Crippen MR) is 180 cm³/mol. The lowest BCUT2D eigenvalue weighted by Gasteiger charge is -2.34. The maximum atomic E-state index is 12.9. The molecule has 9 heteroatoms. The maximum Gasteiger partial charge on any atom is 0.246 e. The van der Waals surface area contributed by atoms with Crippen molar-refractivity contribution in [3.8, 4) is 17.4 Å². The number of rotatable bonds is 10. The number of aryl methyl sites for hydroxylation is 2. The summed E-state index contributed by atoms with van der Waals surface area (Å²) in [7, 11) is 0. The predicted octanol–water partition coefficient (Wildman–Crippen LogP) is 8.20. The van der Waals surface area contributed by atoms with Crippen molar-refractivity contribution in [2.45, 2.75) is 26.8 Å². The van der Waals surface area contributed by atoms with Gasteiger partial charge in [-0.05, 0) is 72.5 Å². The van der Waals surface area contributed by atoms with E-state index in [4.69, 9.17) is 32.7 Å². The summed E-state index contributed by atoms with van der Waals surface area (Å²) >= 11 is 12.5. The minimum Gasteiger partial charge on any atom is -0.492 e. The second-order valence-corrected chi connectivity index (χ2v) is 11.6. The smallest absolute Gasteiger partial charge is 0.246 e. The van der Waals surface area contributed by atoms with Crippen LogP contribution in [-0.4, -0.2) is 53.5 Å². The first-order chi connectivity index (χ1) is 20.8. The molecule has 0 spiro atoms. The zero-order chi connectivity index (χ0) is 30.2. The monoisotopic (exact) mass is 651 g/mol. The summed E-state index contributed by atoms with van der Waals surface area (Å²) in [5.41, 5.74) is 5.39. The fourth-order valence-corrected chi connectivity index (χ4v) is 5.33. The third-order valence-electron chi connectivity index (χ3n) is 7.37. The molecule has 0 saturated carbocycles. The van der Waals surface area contributed by atoms with Crippen LogP contribution in [0.25, 0.3) is 6.08 Å². The number of benzene rings is 3. The van der Waals surface area contributed by atoms with Gasteiger partial charge in [0, 0.05) is 56.3 Å². The van der Waals surface area contributed by atoms with Crippen LogP contribution >= 0.6 is 35.6 Å². The van der Waals surface area contributed by atoms with E-state index in [2.05, 4.69) is 41.1 Å². The average Bonchev–Trinajstić information content (AvgIpc) is 3.01. The van der Waals surface area contributed by atoms with E-state index in [9.17, 15) is 4.79 Å². The van der Waals surface area contributed by atoms with Gasteiger partial charge in [-0.1, -0.05) is 65.2 Å². The molecule has 6 nitrogen and oxygen atoms in total. The largest absolute Gasteiger partial charge is 0.492 e. The average molecular weight is 653 g/mol. The highest BCUT2D eigenvalue weighted by Crippen LogP contribution is 2.34.